The van der Waals surface area contributed by atoms with Crippen molar-refractivity contribution < 1.29 is 0 Å². The van der Waals surface area contributed by atoms with E-state index >= 15 is 0 Å². The van der Waals surface area contributed by atoms with Gasteiger partial charge in [-0.3, -0.25) is 0 Å². The predicted octanol–water partition coefficient (Wildman–Crippen LogP) is 4.40. The van der Waals surface area contributed by atoms with Gasteiger partial charge in [-0.25, -0.2) is 4.98 Å². The number of nitrogens with one attached hydrogen (secondary N) is 1. The number of H-pyrrole nitrogens is 1. The minimum absolute atomic E-state index is 0.477. The average Bonchev–Trinajstić information content (AvgIpc) is 3.19. The number of fused-ring (bicyclic) bond motifs is 1. The highest BCUT2D eigenvalue weighted by Gasteiger charge is 2.24. The summed E-state index contributed by atoms with van der Waals surface area (Å²) in [6.45, 7) is 1.95. The summed E-state index contributed by atoms with van der Waals surface area (Å²) in [4.78, 5) is 10.6. The highest BCUT2D eigenvalue weighted by atomic mass is 15.3. The molecule has 0 amide bonds. The monoisotopic (exact) mass is 355 g/mol. The number of rotatable bonds is 3. The first-order valence-corrected chi connectivity index (χ1v) is 9.45. The van der Waals surface area contributed by atoms with Gasteiger partial charge in [-0.1, -0.05) is 42.5 Å². The molecule has 0 aliphatic carbocycles. The van der Waals surface area contributed by atoms with Crippen LogP contribution >= 0.6 is 0 Å². The molecule has 0 radical (unpaired) electrons. The third kappa shape index (κ3) is 3.16. The number of nitrogens with zero attached hydrogens (tertiary/aromatic N) is 4. The van der Waals surface area contributed by atoms with Gasteiger partial charge in [-0.2, -0.15) is 0 Å². The lowest BCUT2D eigenvalue weighted by molar-refractivity contribution is 0.486. The smallest absolute Gasteiger partial charge is 0.151 e. The van der Waals surface area contributed by atoms with Crippen LogP contribution in [0.15, 0.2) is 66.7 Å². The second kappa shape index (κ2) is 6.83. The first kappa shape index (κ1) is 16.0. The first-order valence-electron chi connectivity index (χ1n) is 9.45. The van der Waals surface area contributed by atoms with Crippen molar-refractivity contribution in [3.63, 3.8) is 0 Å². The number of hydrogen-bond acceptors (Lipinski definition) is 4. The van der Waals surface area contributed by atoms with E-state index in [1.54, 1.807) is 0 Å². The van der Waals surface area contributed by atoms with Gasteiger partial charge in [0.05, 0.1) is 16.7 Å². The van der Waals surface area contributed by atoms with E-state index < -0.39 is 0 Å². The quantitative estimate of drug-likeness (QED) is 0.592. The minimum atomic E-state index is 0.477. The highest BCUT2D eigenvalue weighted by molar-refractivity contribution is 5.74. The maximum absolute atomic E-state index is 4.78. The SMILES string of the molecule is c1ccc(-c2ccc(N3CCC(c4nc5ccccc5[nH]4)CC3)nn2)cc1. The van der Waals surface area contributed by atoms with Gasteiger partial charge < -0.3 is 9.88 Å². The zero-order valence-electron chi connectivity index (χ0n) is 15.0. The van der Waals surface area contributed by atoms with Crippen molar-refractivity contribution in [3.05, 3.63) is 72.6 Å². The summed E-state index contributed by atoms with van der Waals surface area (Å²) < 4.78 is 0. The van der Waals surface area contributed by atoms with Crippen LogP contribution in [-0.4, -0.2) is 33.3 Å². The van der Waals surface area contributed by atoms with Crippen molar-refractivity contribution in [2.24, 2.45) is 0 Å². The Bertz CT molecular complexity index is 998. The largest absolute Gasteiger partial charge is 0.355 e. The van der Waals surface area contributed by atoms with E-state index in [4.69, 9.17) is 4.98 Å². The maximum atomic E-state index is 4.78. The Kier molecular flexibility index (Phi) is 4.05. The number of hydrogen-bond donors (Lipinski definition) is 1. The van der Waals surface area contributed by atoms with E-state index in [2.05, 4.69) is 56.5 Å². The Morgan fingerprint density at radius 1 is 0.815 bits per heavy atom. The fourth-order valence-corrected chi connectivity index (χ4v) is 3.80. The normalized spacial score (nSPS) is 15.3. The summed E-state index contributed by atoms with van der Waals surface area (Å²) in [6.07, 6.45) is 2.14. The molecule has 2 aromatic heterocycles. The molecular weight excluding hydrogens is 334 g/mol. The Morgan fingerprint density at radius 2 is 1.59 bits per heavy atom. The molecule has 0 bridgehead atoms. The molecular formula is C22H21N5. The molecule has 0 saturated carbocycles. The van der Waals surface area contributed by atoms with Gasteiger partial charge in [0.1, 0.15) is 5.82 Å². The van der Waals surface area contributed by atoms with E-state index in [1.165, 1.54) is 0 Å². The van der Waals surface area contributed by atoms with Gasteiger partial charge in [0.25, 0.3) is 0 Å². The second-order valence-electron chi connectivity index (χ2n) is 7.04. The van der Waals surface area contributed by atoms with Gasteiger partial charge in [0, 0.05) is 24.6 Å². The Morgan fingerprint density at radius 3 is 2.33 bits per heavy atom. The third-order valence-electron chi connectivity index (χ3n) is 5.33. The highest BCUT2D eigenvalue weighted by Crippen LogP contribution is 2.29. The van der Waals surface area contributed by atoms with E-state index in [0.29, 0.717) is 5.92 Å². The minimum Gasteiger partial charge on any atom is -0.355 e. The molecule has 0 atom stereocenters. The molecule has 5 nitrogen and oxygen atoms in total. The molecule has 0 unspecified atom stereocenters. The molecule has 5 rings (SSSR count). The summed E-state index contributed by atoms with van der Waals surface area (Å²) in [5, 5.41) is 8.88. The van der Waals surface area contributed by atoms with Gasteiger partial charge >= 0.3 is 0 Å². The average molecular weight is 355 g/mol. The van der Waals surface area contributed by atoms with Crippen molar-refractivity contribution in [1.82, 2.24) is 20.2 Å². The summed E-state index contributed by atoms with van der Waals surface area (Å²) in [5.41, 5.74) is 4.19. The van der Waals surface area contributed by atoms with Crippen LogP contribution in [-0.2, 0) is 0 Å². The molecule has 4 aromatic rings. The molecule has 0 spiro atoms. The third-order valence-corrected chi connectivity index (χ3v) is 5.33. The van der Waals surface area contributed by atoms with Crippen molar-refractivity contribution >= 4 is 16.9 Å². The van der Waals surface area contributed by atoms with Crippen LogP contribution in [0.2, 0.25) is 0 Å². The summed E-state index contributed by atoms with van der Waals surface area (Å²) in [7, 11) is 0. The van der Waals surface area contributed by atoms with Crippen molar-refractivity contribution in [2.45, 2.75) is 18.8 Å². The van der Waals surface area contributed by atoms with E-state index in [1.807, 2.05) is 30.3 Å². The van der Waals surface area contributed by atoms with Crippen LogP contribution in [0.5, 0.6) is 0 Å². The fraction of sp³-hybridized carbons (Fsp3) is 0.227. The van der Waals surface area contributed by atoms with Crippen LogP contribution in [0.3, 0.4) is 0 Å². The molecule has 1 N–H and O–H groups in total. The number of para-hydroxylation sites is 2. The topological polar surface area (TPSA) is 57.7 Å². The molecule has 134 valence electrons. The molecule has 3 heterocycles. The predicted molar refractivity (Wildman–Crippen MR) is 108 cm³/mol. The Hall–Kier alpha value is -3.21. The van der Waals surface area contributed by atoms with Crippen LogP contribution in [0.1, 0.15) is 24.6 Å². The van der Waals surface area contributed by atoms with Gasteiger partial charge in [-0.05, 0) is 37.1 Å². The first-order chi connectivity index (χ1) is 13.4. The summed E-state index contributed by atoms with van der Waals surface area (Å²) in [6, 6.07) is 22.5. The Balaban J connectivity index is 1.27. The van der Waals surface area contributed by atoms with Crippen molar-refractivity contribution in [1.29, 1.82) is 0 Å². The van der Waals surface area contributed by atoms with Gasteiger partial charge in [0.2, 0.25) is 0 Å². The molecule has 2 aromatic carbocycles. The zero-order valence-corrected chi connectivity index (χ0v) is 15.0. The summed E-state index contributed by atoms with van der Waals surface area (Å²) in [5.74, 6) is 2.55. The Labute approximate surface area is 158 Å². The zero-order chi connectivity index (χ0) is 18.1. The lowest BCUT2D eigenvalue weighted by Crippen LogP contribution is -2.33. The number of benzene rings is 2. The van der Waals surface area contributed by atoms with E-state index in [9.17, 15) is 0 Å². The van der Waals surface area contributed by atoms with Crippen LogP contribution in [0.25, 0.3) is 22.3 Å². The molecule has 1 fully saturated rings. The van der Waals surface area contributed by atoms with Crippen molar-refractivity contribution in [3.8, 4) is 11.3 Å². The number of anilines is 1. The van der Waals surface area contributed by atoms with E-state index in [-0.39, 0.29) is 0 Å². The molecule has 1 aliphatic rings. The lowest BCUT2D eigenvalue weighted by atomic mass is 9.96. The second-order valence-corrected chi connectivity index (χ2v) is 7.04. The van der Waals surface area contributed by atoms with E-state index in [0.717, 1.165) is 59.9 Å². The fourth-order valence-electron chi connectivity index (χ4n) is 3.80. The van der Waals surface area contributed by atoms with Crippen molar-refractivity contribution in [2.75, 3.05) is 18.0 Å². The molecule has 27 heavy (non-hydrogen) atoms. The standard InChI is InChI=1S/C22H21N5/c1-2-6-16(7-3-1)18-10-11-21(26-25-18)27-14-12-17(13-15-27)22-23-19-8-4-5-9-20(19)24-22/h1-11,17H,12-15H2,(H,23,24). The van der Waals surface area contributed by atoms with Crippen LogP contribution < -0.4 is 4.90 Å². The lowest BCUT2D eigenvalue weighted by Gasteiger charge is -2.31. The van der Waals surface area contributed by atoms with Crippen LogP contribution in [0, 0.1) is 0 Å². The maximum Gasteiger partial charge on any atom is 0.151 e. The number of aromatic amines is 1. The van der Waals surface area contributed by atoms with Crippen LogP contribution in [0.4, 0.5) is 5.82 Å². The molecule has 1 saturated heterocycles. The molecule has 1 aliphatic heterocycles. The number of piperidine rings is 1. The number of imidazole rings is 1. The molecule has 5 heteroatoms. The number of aromatic nitrogens is 4. The van der Waals surface area contributed by atoms with Gasteiger partial charge in [-0.15, -0.1) is 10.2 Å². The summed E-state index contributed by atoms with van der Waals surface area (Å²) >= 11 is 0. The van der Waals surface area contributed by atoms with Gasteiger partial charge in [0.15, 0.2) is 5.82 Å².